The molecule has 4 atom stereocenters. The zero-order valence-corrected chi connectivity index (χ0v) is 16.3. The van der Waals surface area contributed by atoms with Crippen molar-refractivity contribution in [2.75, 3.05) is 6.61 Å². The first kappa shape index (κ1) is 17.6. The van der Waals surface area contributed by atoms with Crippen LogP contribution < -0.4 is 0 Å². The summed E-state index contributed by atoms with van der Waals surface area (Å²) in [6, 6.07) is 7.14. The Bertz CT molecular complexity index is 832. The smallest absolute Gasteiger partial charge is 0.123 e. The van der Waals surface area contributed by atoms with E-state index in [9.17, 15) is 4.39 Å². The first-order chi connectivity index (χ1) is 13.1. The van der Waals surface area contributed by atoms with E-state index in [1.807, 2.05) is 12.3 Å². The summed E-state index contributed by atoms with van der Waals surface area (Å²) in [5, 5.41) is 1.01. The molecule has 0 radical (unpaired) electrons. The number of hydrogen-bond donors (Lipinski definition) is 0. The number of pyridine rings is 1. The summed E-state index contributed by atoms with van der Waals surface area (Å²) in [4.78, 5) is 4.45. The molecule has 144 valence electrons. The molecule has 3 heteroatoms. The fourth-order valence-corrected chi connectivity index (χ4v) is 5.74. The van der Waals surface area contributed by atoms with E-state index in [1.54, 1.807) is 6.07 Å². The molecule has 2 nitrogen and oxygen atoms in total. The molecule has 5 rings (SSSR count). The monoisotopic (exact) mass is 367 g/mol. The summed E-state index contributed by atoms with van der Waals surface area (Å²) in [7, 11) is 0. The van der Waals surface area contributed by atoms with E-state index in [1.165, 1.54) is 63.0 Å². The van der Waals surface area contributed by atoms with Gasteiger partial charge in [0.05, 0.1) is 11.1 Å². The molecule has 3 aliphatic carbocycles. The second kappa shape index (κ2) is 6.84. The van der Waals surface area contributed by atoms with Crippen molar-refractivity contribution in [3.63, 3.8) is 0 Å². The topological polar surface area (TPSA) is 22.1 Å². The Hall–Kier alpha value is -1.48. The predicted molar refractivity (Wildman–Crippen MR) is 106 cm³/mol. The highest BCUT2D eigenvalue weighted by molar-refractivity contribution is 5.82. The molecule has 3 saturated carbocycles. The third-order valence-corrected chi connectivity index (χ3v) is 7.65. The number of ether oxygens (including phenoxy) is 1. The predicted octanol–water partition coefficient (Wildman–Crippen LogP) is 6.24. The van der Waals surface area contributed by atoms with Crippen molar-refractivity contribution in [1.82, 2.24) is 4.98 Å². The Morgan fingerprint density at radius 2 is 2.04 bits per heavy atom. The number of halogens is 1. The number of hydrogen-bond acceptors (Lipinski definition) is 2. The third kappa shape index (κ3) is 3.40. The van der Waals surface area contributed by atoms with Crippen LogP contribution >= 0.6 is 0 Å². The van der Waals surface area contributed by atoms with Gasteiger partial charge in [-0.3, -0.25) is 4.98 Å². The average Bonchev–Trinajstić information content (AvgIpc) is 3.49. The molecule has 0 N–H and O–H groups in total. The molecular formula is C24H30FNO. The number of nitrogens with zero attached hydrogens (tertiary/aromatic N) is 1. The molecule has 4 unspecified atom stereocenters. The summed E-state index contributed by atoms with van der Waals surface area (Å²) in [6.45, 7) is 3.30. The third-order valence-electron chi connectivity index (χ3n) is 7.65. The van der Waals surface area contributed by atoms with Crippen LogP contribution in [0.5, 0.6) is 0 Å². The molecule has 1 aromatic heterocycles. The highest BCUT2D eigenvalue weighted by Gasteiger charge is 2.46. The van der Waals surface area contributed by atoms with Gasteiger partial charge in [0.1, 0.15) is 5.82 Å². The van der Waals surface area contributed by atoms with Crippen molar-refractivity contribution in [2.24, 2.45) is 17.8 Å². The highest BCUT2D eigenvalue weighted by atomic mass is 19.1. The van der Waals surface area contributed by atoms with E-state index in [-0.39, 0.29) is 11.4 Å². The molecule has 0 spiro atoms. The lowest BCUT2D eigenvalue weighted by Gasteiger charge is -2.50. The van der Waals surface area contributed by atoms with E-state index < -0.39 is 0 Å². The molecule has 3 fully saturated rings. The zero-order chi connectivity index (χ0) is 18.4. The highest BCUT2D eigenvalue weighted by Crippen LogP contribution is 2.53. The van der Waals surface area contributed by atoms with E-state index in [4.69, 9.17) is 4.74 Å². The maximum atomic E-state index is 13.9. The summed E-state index contributed by atoms with van der Waals surface area (Å²) in [5.74, 6) is 2.69. The SMILES string of the molecule is CC1(OCCC2CC2)CCC2CC1CCC2c1ccnc2ccc(F)cc12. The second-order valence-corrected chi connectivity index (χ2v) is 9.37. The molecule has 2 bridgehead atoms. The van der Waals surface area contributed by atoms with Crippen molar-refractivity contribution in [2.45, 2.75) is 69.8 Å². The standard InChI is InChI=1S/C24H30FNO/c1-24(27-13-10-16-2-3-16)11-8-17-14-18(24)4-6-20(17)21-9-12-26-23-7-5-19(25)15-22(21)23/h5,7,9,12,15-18,20H,2-4,6,8,10-11,13-14H2,1H3. The quantitative estimate of drug-likeness (QED) is 0.624. The van der Waals surface area contributed by atoms with Crippen molar-refractivity contribution in [3.8, 4) is 0 Å². The molecule has 0 saturated heterocycles. The Morgan fingerprint density at radius 1 is 1.15 bits per heavy atom. The Kier molecular flexibility index (Phi) is 4.46. The van der Waals surface area contributed by atoms with Crippen molar-refractivity contribution in [1.29, 1.82) is 0 Å². The lowest BCUT2D eigenvalue weighted by atomic mass is 9.60. The normalized spacial score (nSPS) is 33.3. The van der Waals surface area contributed by atoms with Crippen LogP contribution in [-0.2, 0) is 4.74 Å². The van der Waals surface area contributed by atoms with Crippen molar-refractivity contribution >= 4 is 10.9 Å². The zero-order valence-electron chi connectivity index (χ0n) is 16.3. The maximum Gasteiger partial charge on any atom is 0.123 e. The summed E-state index contributed by atoms with van der Waals surface area (Å²) in [5.41, 5.74) is 2.30. The summed E-state index contributed by atoms with van der Waals surface area (Å²) in [6.07, 6.45) is 12.0. The van der Waals surface area contributed by atoms with Gasteiger partial charge in [0.15, 0.2) is 0 Å². The van der Waals surface area contributed by atoms with Gasteiger partial charge < -0.3 is 4.74 Å². The van der Waals surface area contributed by atoms with Crippen LogP contribution in [0, 0.1) is 23.6 Å². The van der Waals surface area contributed by atoms with Crippen LogP contribution in [-0.4, -0.2) is 17.2 Å². The van der Waals surface area contributed by atoms with Gasteiger partial charge >= 0.3 is 0 Å². The number of fused-ring (bicyclic) bond motifs is 3. The number of aromatic nitrogens is 1. The lowest BCUT2D eigenvalue weighted by molar-refractivity contribution is -0.121. The van der Waals surface area contributed by atoms with Crippen LogP contribution in [0.15, 0.2) is 30.5 Å². The van der Waals surface area contributed by atoms with Crippen molar-refractivity contribution in [3.05, 3.63) is 41.8 Å². The fourth-order valence-electron chi connectivity index (χ4n) is 5.74. The average molecular weight is 368 g/mol. The van der Waals surface area contributed by atoms with Gasteiger partial charge in [0.25, 0.3) is 0 Å². The van der Waals surface area contributed by atoms with Gasteiger partial charge in [0.2, 0.25) is 0 Å². The van der Waals surface area contributed by atoms with E-state index >= 15 is 0 Å². The molecule has 3 aliphatic rings. The summed E-state index contributed by atoms with van der Waals surface area (Å²) >= 11 is 0. The van der Waals surface area contributed by atoms with Gasteiger partial charge in [-0.1, -0.05) is 12.8 Å². The molecule has 1 heterocycles. The molecule has 1 aromatic carbocycles. The van der Waals surface area contributed by atoms with Gasteiger partial charge in [0, 0.05) is 18.2 Å². The van der Waals surface area contributed by atoms with Gasteiger partial charge in [-0.25, -0.2) is 4.39 Å². The Balaban J connectivity index is 1.33. The summed E-state index contributed by atoms with van der Waals surface area (Å²) < 4.78 is 20.3. The van der Waals surface area contributed by atoms with E-state index in [2.05, 4.69) is 18.0 Å². The largest absolute Gasteiger partial charge is 0.375 e. The molecule has 0 amide bonds. The minimum Gasteiger partial charge on any atom is -0.375 e. The van der Waals surface area contributed by atoms with Gasteiger partial charge in [-0.2, -0.15) is 0 Å². The lowest BCUT2D eigenvalue weighted by Crippen LogP contribution is -2.46. The van der Waals surface area contributed by atoms with Crippen LogP contribution in [0.3, 0.4) is 0 Å². The Labute approximate surface area is 161 Å². The molecule has 0 aliphatic heterocycles. The first-order valence-electron chi connectivity index (χ1n) is 10.8. The van der Waals surface area contributed by atoms with E-state index in [0.717, 1.165) is 23.4 Å². The molecule has 2 aromatic rings. The van der Waals surface area contributed by atoms with E-state index in [0.29, 0.717) is 17.8 Å². The van der Waals surface area contributed by atoms with Crippen LogP contribution in [0.4, 0.5) is 4.39 Å². The van der Waals surface area contributed by atoms with Gasteiger partial charge in [-0.15, -0.1) is 0 Å². The van der Waals surface area contributed by atoms with Crippen LogP contribution in [0.1, 0.15) is 69.8 Å². The van der Waals surface area contributed by atoms with Gasteiger partial charge in [-0.05, 0) is 98.9 Å². The number of rotatable bonds is 5. The maximum absolute atomic E-state index is 13.9. The molecule has 27 heavy (non-hydrogen) atoms. The second-order valence-electron chi connectivity index (χ2n) is 9.37. The minimum absolute atomic E-state index is 0.0722. The van der Waals surface area contributed by atoms with Crippen molar-refractivity contribution < 1.29 is 9.13 Å². The molecular weight excluding hydrogens is 337 g/mol. The first-order valence-corrected chi connectivity index (χ1v) is 10.8. The minimum atomic E-state index is -0.161. The van der Waals surface area contributed by atoms with Crippen LogP contribution in [0.2, 0.25) is 0 Å². The Morgan fingerprint density at radius 3 is 2.89 bits per heavy atom. The fraction of sp³-hybridized carbons (Fsp3) is 0.625. The van der Waals surface area contributed by atoms with Crippen LogP contribution in [0.25, 0.3) is 10.9 Å². The number of benzene rings is 1.